The van der Waals surface area contributed by atoms with E-state index in [2.05, 4.69) is 35.3 Å². The molecule has 1 aromatic carbocycles. The van der Waals surface area contributed by atoms with Crippen molar-refractivity contribution in [2.75, 3.05) is 23.7 Å². The molecular formula is C22H23N7O3S. The highest BCUT2D eigenvalue weighted by Gasteiger charge is 2.14. The van der Waals surface area contributed by atoms with Crippen molar-refractivity contribution < 1.29 is 12.8 Å². The Balaban J connectivity index is 1.30. The van der Waals surface area contributed by atoms with Gasteiger partial charge in [-0.2, -0.15) is 0 Å². The Morgan fingerprint density at radius 1 is 0.909 bits per heavy atom. The van der Waals surface area contributed by atoms with Crippen LogP contribution >= 0.6 is 0 Å². The third-order valence-corrected chi connectivity index (χ3v) is 6.12. The van der Waals surface area contributed by atoms with Gasteiger partial charge >= 0.3 is 0 Å². The van der Waals surface area contributed by atoms with Crippen LogP contribution in [0.1, 0.15) is 11.5 Å². The quantitative estimate of drug-likeness (QED) is 0.318. The fourth-order valence-electron chi connectivity index (χ4n) is 3.02. The predicted octanol–water partition coefficient (Wildman–Crippen LogP) is 3.28. The molecule has 4 rings (SSSR count). The molecule has 0 radical (unpaired) electrons. The molecule has 0 aliphatic rings. The van der Waals surface area contributed by atoms with E-state index in [1.807, 2.05) is 19.1 Å². The number of oxazole rings is 1. The number of rotatable bonds is 9. The van der Waals surface area contributed by atoms with Crippen molar-refractivity contribution >= 4 is 27.5 Å². The van der Waals surface area contributed by atoms with E-state index in [0.29, 0.717) is 35.6 Å². The van der Waals surface area contributed by atoms with Gasteiger partial charge in [0.05, 0.1) is 4.90 Å². The summed E-state index contributed by atoms with van der Waals surface area (Å²) in [4.78, 5) is 17.0. The summed E-state index contributed by atoms with van der Waals surface area (Å²) in [6.07, 6.45) is 4.67. The third-order valence-electron chi connectivity index (χ3n) is 4.64. The number of hydrogen-bond donors (Lipinski definition) is 3. The lowest BCUT2D eigenvalue weighted by Crippen LogP contribution is -2.29. The molecule has 4 aromatic rings. The van der Waals surface area contributed by atoms with E-state index in [1.165, 1.54) is 24.7 Å². The third kappa shape index (κ3) is 5.90. The summed E-state index contributed by atoms with van der Waals surface area (Å²) in [6, 6.07) is 12.0. The van der Waals surface area contributed by atoms with Crippen molar-refractivity contribution in [2.24, 2.45) is 0 Å². The summed E-state index contributed by atoms with van der Waals surface area (Å²) in [7, 11) is -3.65. The van der Waals surface area contributed by atoms with Gasteiger partial charge in [0.2, 0.25) is 10.0 Å². The first kappa shape index (κ1) is 22.4. The van der Waals surface area contributed by atoms with Gasteiger partial charge in [-0.15, -0.1) is 0 Å². The van der Waals surface area contributed by atoms with Crippen LogP contribution in [0, 0.1) is 13.8 Å². The SMILES string of the molecule is Cc1ccnc(Nc2cc(NCCNS(=O)(=O)c3ccc(-c4coc(C)n4)cc3)ncn2)c1. The molecule has 0 fully saturated rings. The number of anilines is 3. The van der Waals surface area contributed by atoms with Crippen LogP contribution in [-0.4, -0.2) is 41.4 Å². The molecule has 3 aromatic heterocycles. The molecule has 170 valence electrons. The van der Waals surface area contributed by atoms with Crippen LogP contribution in [0.3, 0.4) is 0 Å². The van der Waals surface area contributed by atoms with E-state index < -0.39 is 10.0 Å². The Kier molecular flexibility index (Phi) is 6.61. The van der Waals surface area contributed by atoms with Gasteiger partial charge in [-0.05, 0) is 36.8 Å². The zero-order chi connectivity index (χ0) is 23.3. The van der Waals surface area contributed by atoms with Crippen molar-refractivity contribution in [2.45, 2.75) is 18.7 Å². The number of benzene rings is 1. The van der Waals surface area contributed by atoms with Crippen LogP contribution in [-0.2, 0) is 10.0 Å². The maximum Gasteiger partial charge on any atom is 0.240 e. The van der Waals surface area contributed by atoms with Gasteiger partial charge in [-0.25, -0.2) is 33.1 Å². The number of aryl methyl sites for hydroxylation is 2. The summed E-state index contributed by atoms with van der Waals surface area (Å²) in [5.41, 5.74) is 2.52. The molecule has 0 unspecified atom stereocenters. The van der Waals surface area contributed by atoms with E-state index in [4.69, 9.17) is 4.42 Å². The van der Waals surface area contributed by atoms with Gasteiger partial charge in [-0.3, -0.25) is 0 Å². The normalized spacial score (nSPS) is 11.3. The first-order valence-corrected chi connectivity index (χ1v) is 11.7. The Bertz CT molecular complexity index is 1340. The fraction of sp³-hybridized carbons (Fsp3) is 0.182. The van der Waals surface area contributed by atoms with Crippen LogP contribution in [0.4, 0.5) is 17.5 Å². The summed E-state index contributed by atoms with van der Waals surface area (Å²) in [5.74, 6) is 2.37. The highest BCUT2D eigenvalue weighted by molar-refractivity contribution is 7.89. The standard InChI is InChI=1S/C22H23N7O3S/c1-15-7-8-23-21(11-15)29-22-12-20(25-14-26-22)24-9-10-27-33(30,31)18-5-3-17(4-6-18)19-13-32-16(2)28-19/h3-8,11-14,27H,9-10H2,1-2H3,(H2,23,24,25,26,29). The molecule has 0 atom stereocenters. The lowest BCUT2D eigenvalue weighted by Gasteiger charge is -2.10. The van der Waals surface area contributed by atoms with Gasteiger partial charge in [-0.1, -0.05) is 12.1 Å². The van der Waals surface area contributed by atoms with Gasteiger partial charge in [0, 0.05) is 37.8 Å². The molecule has 0 saturated carbocycles. The van der Waals surface area contributed by atoms with Crippen LogP contribution < -0.4 is 15.4 Å². The highest BCUT2D eigenvalue weighted by Crippen LogP contribution is 2.20. The molecule has 0 aliphatic carbocycles. The average molecular weight is 466 g/mol. The van der Waals surface area contributed by atoms with Crippen molar-refractivity contribution in [3.8, 4) is 11.3 Å². The molecule has 3 heterocycles. The lowest BCUT2D eigenvalue weighted by atomic mass is 10.2. The molecule has 33 heavy (non-hydrogen) atoms. The molecule has 10 nitrogen and oxygen atoms in total. The van der Waals surface area contributed by atoms with E-state index >= 15 is 0 Å². The first-order valence-electron chi connectivity index (χ1n) is 10.2. The van der Waals surface area contributed by atoms with Crippen LogP contribution in [0.5, 0.6) is 0 Å². The number of nitrogens with zero attached hydrogens (tertiary/aromatic N) is 4. The Hall–Kier alpha value is -3.83. The Morgan fingerprint density at radius 2 is 1.67 bits per heavy atom. The van der Waals surface area contributed by atoms with Crippen LogP contribution in [0.2, 0.25) is 0 Å². The molecule has 11 heteroatoms. The molecule has 0 amide bonds. The molecular weight excluding hydrogens is 442 g/mol. The van der Waals surface area contributed by atoms with Crippen molar-refractivity contribution in [1.29, 1.82) is 0 Å². The Labute approximate surface area is 191 Å². The minimum atomic E-state index is -3.65. The van der Waals surface area contributed by atoms with Gasteiger partial charge in [0.25, 0.3) is 0 Å². The van der Waals surface area contributed by atoms with Crippen molar-refractivity contribution in [3.63, 3.8) is 0 Å². The van der Waals surface area contributed by atoms with Gasteiger partial charge in [0.15, 0.2) is 5.89 Å². The van der Waals surface area contributed by atoms with E-state index in [-0.39, 0.29) is 11.4 Å². The summed E-state index contributed by atoms with van der Waals surface area (Å²) < 4.78 is 32.9. The highest BCUT2D eigenvalue weighted by atomic mass is 32.2. The topological polar surface area (TPSA) is 135 Å². The number of pyridine rings is 1. The zero-order valence-electron chi connectivity index (χ0n) is 18.1. The summed E-state index contributed by atoms with van der Waals surface area (Å²) in [5, 5.41) is 6.20. The maximum atomic E-state index is 12.6. The average Bonchev–Trinajstić information content (AvgIpc) is 3.23. The lowest BCUT2D eigenvalue weighted by molar-refractivity contribution is 0.521. The zero-order valence-corrected chi connectivity index (χ0v) is 18.9. The van der Waals surface area contributed by atoms with Crippen LogP contribution in [0.25, 0.3) is 11.3 Å². The maximum absolute atomic E-state index is 12.6. The Morgan fingerprint density at radius 3 is 2.39 bits per heavy atom. The number of sulfonamides is 1. The monoisotopic (exact) mass is 465 g/mol. The molecule has 0 aliphatic heterocycles. The predicted molar refractivity (Wildman–Crippen MR) is 125 cm³/mol. The minimum Gasteiger partial charge on any atom is -0.449 e. The number of hydrogen-bond acceptors (Lipinski definition) is 9. The molecule has 0 spiro atoms. The van der Waals surface area contributed by atoms with Gasteiger partial charge < -0.3 is 15.1 Å². The summed E-state index contributed by atoms with van der Waals surface area (Å²) >= 11 is 0. The van der Waals surface area contributed by atoms with E-state index in [9.17, 15) is 8.42 Å². The molecule has 0 bridgehead atoms. The molecule has 3 N–H and O–H groups in total. The largest absolute Gasteiger partial charge is 0.449 e. The smallest absolute Gasteiger partial charge is 0.240 e. The summed E-state index contributed by atoms with van der Waals surface area (Å²) in [6.45, 7) is 4.25. The second kappa shape index (κ2) is 9.76. The van der Waals surface area contributed by atoms with Crippen molar-refractivity contribution in [3.05, 3.63) is 72.7 Å². The van der Waals surface area contributed by atoms with Gasteiger partial charge in [0.1, 0.15) is 35.7 Å². The minimum absolute atomic E-state index is 0.172. The fourth-order valence-corrected chi connectivity index (χ4v) is 4.05. The number of nitrogens with one attached hydrogen (secondary N) is 3. The van der Waals surface area contributed by atoms with Crippen LogP contribution in [0.15, 0.2) is 70.6 Å². The number of aromatic nitrogens is 4. The van der Waals surface area contributed by atoms with Crippen molar-refractivity contribution in [1.82, 2.24) is 24.7 Å². The van der Waals surface area contributed by atoms with E-state index in [1.54, 1.807) is 31.3 Å². The van der Waals surface area contributed by atoms with E-state index in [0.717, 1.165) is 11.1 Å². The first-order chi connectivity index (χ1) is 15.9. The second-order valence-corrected chi connectivity index (χ2v) is 9.00. The second-order valence-electron chi connectivity index (χ2n) is 7.23. The molecule has 0 saturated heterocycles.